The van der Waals surface area contributed by atoms with Gasteiger partial charge in [0.05, 0.1) is 12.7 Å². The highest BCUT2D eigenvalue weighted by Crippen LogP contribution is 2.00. The molecule has 0 fully saturated rings. The second kappa shape index (κ2) is 5.77. The van der Waals surface area contributed by atoms with E-state index < -0.39 is 6.10 Å². The van der Waals surface area contributed by atoms with Gasteiger partial charge in [0.2, 0.25) is 0 Å². The summed E-state index contributed by atoms with van der Waals surface area (Å²) in [6, 6.07) is 0. The van der Waals surface area contributed by atoms with E-state index in [4.69, 9.17) is 9.84 Å². The van der Waals surface area contributed by atoms with Gasteiger partial charge in [0.1, 0.15) is 0 Å². The summed E-state index contributed by atoms with van der Waals surface area (Å²) in [5, 5.41) is 8.85. The van der Waals surface area contributed by atoms with Gasteiger partial charge in [-0.25, -0.2) is 4.79 Å². The first kappa shape index (κ1) is 11.2. The fourth-order valence-corrected chi connectivity index (χ4v) is 0.569. The second-order valence-electron chi connectivity index (χ2n) is 2.73. The van der Waals surface area contributed by atoms with E-state index in [-0.39, 0.29) is 12.6 Å². The van der Waals surface area contributed by atoms with Gasteiger partial charge in [0.25, 0.3) is 0 Å². The van der Waals surface area contributed by atoms with Crippen LogP contribution >= 0.6 is 0 Å². The van der Waals surface area contributed by atoms with Crippen LogP contribution < -0.4 is 0 Å². The van der Waals surface area contributed by atoms with Crippen molar-refractivity contribution in [3.63, 3.8) is 0 Å². The van der Waals surface area contributed by atoms with E-state index in [0.29, 0.717) is 18.4 Å². The van der Waals surface area contributed by atoms with E-state index in [0.717, 1.165) is 0 Å². The number of esters is 1. The minimum atomic E-state index is -0.423. The molecule has 0 heterocycles. The highest BCUT2D eigenvalue weighted by atomic mass is 16.5. The molecule has 3 nitrogen and oxygen atoms in total. The molecular formula is C9H16O3. The first-order chi connectivity index (χ1) is 5.57. The first-order valence-electron chi connectivity index (χ1n) is 4.10. The van der Waals surface area contributed by atoms with Gasteiger partial charge in [0.15, 0.2) is 0 Å². The normalized spacial score (nSPS) is 12.2. The largest absolute Gasteiger partial charge is 0.462 e. The van der Waals surface area contributed by atoms with Gasteiger partial charge in [-0.3, -0.25) is 0 Å². The number of carbonyl (C=O) groups excluding carboxylic acids is 1. The van der Waals surface area contributed by atoms with E-state index in [1.807, 2.05) is 6.92 Å². The first-order valence-corrected chi connectivity index (χ1v) is 4.10. The van der Waals surface area contributed by atoms with E-state index in [2.05, 4.69) is 6.58 Å². The van der Waals surface area contributed by atoms with Gasteiger partial charge in [-0.05, 0) is 13.3 Å². The average molecular weight is 172 g/mol. The fraction of sp³-hybridized carbons (Fsp3) is 0.667. The van der Waals surface area contributed by atoms with Crippen molar-refractivity contribution in [3.8, 4) is 0 Å². The standard InChI is InChI=1S/C9H16O3/c1-4-7(2)9(11)12-6-5-8(3)10/h8,10H,2,4-6H2,1,3H3. The molecule has 0 saturated carbocycles. The number of hydrogen-bond donors (Lipinski definition) is 1. The van der Waals surface area contributed by atoms with Crippen molar-refractivity contribution in [2.45, 2.75) is 32.8 Å². The zero-order valence-electron chi connectivity index (χ0n) is 7.67. The van der Waals surface area contributed by atoms with Gasteiger partial charge in [-0.15, -0.1) is 0 Å². The van der Waals surface area contributed by atoms with Crippen LogP contribution in [-0.4, -0.2) is 23.8 Å². The Morgan fingerprint density at radius 2 is 2.25 bits per heavy atom. The molecule has 12 heavy (non-hydrogen) atoms. The van der Waals surface area contributed by atoms with E-state index in [1.165, 1.54) is 0 Å². The number of hydrogen-bond acceptors (Lipinski definition) is 3. The number of aliphatic hydroxyl groups is 1. The second-order valence-corrected chi connectivity index (χ2v) is 2.73. The lowest BCUT2D eigenvalue weighted by atomic mass is 10.2. The van der Waals surface area contributed by atoms with Crippen LogP contribution in [0.2, 0.25) is 0 Å². The maximum atomic E-state index is 11.0. The lowest BCUT2D eigenvalue weighted by molar-refractivity contribution is -0.139. The molecule has 1 atom stereocenters. The van der Waals surface area contributed by atoms with Crippen LogP contribution in [0, 0.1) is 0 Å². The number of aliphatic hydroxyl groups excluding tert-OH is 1. The monoisotopic (exact) mass is 172 g/mol. The topological polar surface area (TPSA) is 46.5 Å². The maximum Gasteiger partial charge on any atom is 0.333 e. The van der Waals surface area contributed by atoms with Crippen LogP contribution in [-0.2, 0) is 9.53 Å². The third-order valence-electron chi connectivity index (χ3n) is 1.48. The predicted molar refractivity (Wildman–Crippen MR) is 46.7 cm³/mol. The van der Waals surface area contributed by atoms with Crippen molar-refractivity contribution in [3.05, 3.63) is 12.2 Å². The summed E-state index contributed by atoms with van der Waals surface area (Å²) in [4.78, 5) is 11.0. The van der Waals surface area contributed by atoms with E-state index in [1.54, 1.807) is 6.92 Å². The molecular weight excluding hydrogens is 156 g/mol. The summed E-state index contributed by atoms with van der Waals surface area (Å²) in [6.45, 7) is 7.29. The van der Waals surface area contributed by atoms with Gasteiger partial charge in [-0.2, -0.15) is 0 Å². The van der Waals surface area contributed by atoms with Gasteiger partial charge in [-0.1, -0.05) is 13.5 Å². The summed E-state index contributed by atoms with van der Waals surface area (Å²) < 4.78 is 4.81. The molecule has 0 aliphatic rings. The molecule has 1 unspecified atom stereocenters. The molecule has 0 aromatic heterocycles. The molecule has 70 valence electrons. The zero-order chi connectivity index (χ0) is 9.56. The Morgan fingerprint density at radius 1 is 1.67 bits per heavy atom. The number of carbonyl (C=O) groups is 1. The zero-order valence-corrected chi connectivity index (χ0v) is 7.67. The minimum Gasteiger partial charge on any atom is -0.462 e. The van der Waals surface area contributed by atoms with Gasteiger partial charge in [0, 0.05) is 12.0 Å². The molecule has 0 aromatic carbocycles. The van der Waals surface area contributed by atoms with Crippen LogP contribution in [0.15, 0.2) is 12.2 Å². The molecule has 0 spiro atoms. The Balaban J connectivity index is 3.51. The van der Waals surface area contributed by atoms with Crippen LogP contribution in [0.3, 0.4) is 0 Å². The molecule has 0 aromatic rings. The number of rotatable bonds is 5. The Bertz CT molecular complexity index is 161. The average Bonchev–Trinajstić information content (AvgIpc) is 2.02. The molecule has 0 aliphatic heterocycles. The fourth-order valence-electron chi connectivity index (χ4n) is 0.569. The molecule has 0 aliphatic carbocycles. The number of ether oxygens (including phenoxy) is 1. The maximum absolute atomic E-state index is 11.0. The van der Waals surface area contributed by atoms with Crippen molar-refractivity contribution in [1.82, 2.24) is 0 Å². The Hall–Kier alpha value is -0.830. The van der Waals surface area contributed by atoms with Crippen molar-refractivity contribution >= 4 is 5.97 Å². The Labute approximate surface area is 73.0 Å². The van der Waals surface area contributed by atoms with Gasteiger partial charge >= 0.3 is 5.97 Å². The quantitative estimate of drug-likeness (QED) is 0.501. The molecule has 3 heteroatoms. The van der Waals surface area contributed by atoms with Crippen molar-refractivity contribution in [1.29, 1.82) is 0 Å². The van der Waals surface area contributed by atoms with Gasteiger partial charge < -0.3 is 9.84 Å². The van der Waals surface area contributed by atoms with Crippen LogP contribution in [0.25, 0.3) is 0 Å². The van der Waals surface area contributed by atoms with Crippen molar-refractivity contribution in [2.75, 3.05) is 6.61 Å². The summed E-state index contributed by atoms with van der Waals surface area (Å²) in [5.74, 6) is -0.363. The SMILES string of the molecule is C=C(CC)C(=O)OCCC(C)O. The van der Waals surface area contributed by atoms with Crippen LogP contribution in [0.4, 0.5) is 0 Å². The lowest BCUT2D eigenvalue weighted by Gasteiger charge is -2.06. The summed E-state index contributed by atoms with van der Waals surface area (Å²) >= 11 is 0. The van der Waals surface area contributed by atoms with Crippen molar-refractivity contribution in [2.24, 2.45) is 0 Å². The third-order valence-corrected chi connectivity index (χ3v) is 1.48. The third kappa shape index (κ3) is 4.91. The molecule has 0 bridgehead atoms. The molecule has 1 N–H and O–H groups in total. The molecule has 0 rings (SSSR count). The van der Waals surface area contributed by atoms with E-state index >= 15 is 0 Å². The highest BCUT2D eigenvalue weighted by molar-refractivity contribution is 5.87. The van der Waals surface area contributed by atoms with Crippen LogP contribution in [0.1, 0.15) is 26.7 Å². The molecule has 0 amide bonds. The van der Waals surface area contributed by atoms with E-state index in [9.17, 15) is 4.79 Å². The Kier molecular flexibility index (Phi) is 5.37. The minimum absolute atomic E-state index is 0.259. The predicted octanol–water partition coefficient (Wildman–Crippen LogP) is 1.27. The molecule has 0 saturated heterocycles. The highest BCUT2D eigenvalue weighted by Gasteiger charge is 2.05. The summed E-state index contributed by atoms with van der Waals surface area (Å²) in [5.41, 5.74) is 0.473. The van der Waals surface area contributed by atoms with Crippen molar-refractivity contribution < 1.29 is 14.6 Å². The molecule has 0 radical (unpaired) electrons. The summed E-state index contributed by atoms with van der Waals surface area (Å²) in [6.07, 6.45) is 0.656. The smallest absolute Gasteiger partial charge is 0.333 e. The van der Waals surface area contributed by atoms with Crippen LogP contribution in [0.5, 0.6) is 0 Å². The Morgan fingerprint density at radius 3 is 2.67 bits per heavy atom. The summed E-state index contributed by atoms with van der Waals surface area (Å²) in [7, 11) is 0. The lowest BCUT2D eigenvalue weighted by Crippen LogP contribution is -2.11.